The third-order valence-corrected chi connectivity index (χ3v) is 11.7. The van der Waals surface area contributed by atoms with E-state index < -0.39 is 0 Å². The average Bonchev–Trinajstić information content (AvgIpc) is 4.11. The molecule has 4 aliphatic rings. The summed E-state index contributed by atoms with van der Waals surface area (Å²) in [7, 11) is 0. The number of halogens is 4. The second-order valence-corrected chi connectivity index (χ2v) is 16.1. The van der Waals surface area contributed by atoms with E-state index in [0.717, 1.165) is 47.9 Å². The van der Waals surface area contributed by atoms with Gasteiger partial charge in [-0.05, 0) is 108 Å². The Kier molecular flexibility index (Phi) is 12.5. The van der Waals surface area contributed by atoms with Crippen molar-refractivity contribution < 1.29 is 29.3 Å². The fraction of sp³-hybridized carbons (Fsp3) is 0.381. The number of nitrogens with zero attached hydrogens (tertiary/aromatic N) is 2. The van der Waals surface area contributed by atoms with E-state index in [4.69, 9.17) is 55.9 Å². The van der Waals surface area contributed by atoms with Gasteiger partial charge in [-0.1, -0.05) is 94.9 Å². The van der Waals surface area contributed by atoms with Crippen LogP contribution in [0.15, 0.2) is 97.1 Å². The van der Waals surface area contributed by atoms with E-state index in [1.807, 2.05) is 107 Å². The zero-order chi connectivity index (χ0) is 37.9. The standard InChI is InChI=1S/2C21H21Cl2NO3/c2*22-16-8-6-14(7-9-16)20-21(15-2-1-3-17(23)10-15)27-12-19(26)24(20)18(11-25)13-4-5-13/h2*1-3,6-10,13,18,20-21,25H,4-5,11-12H2/t18-,20?,21+;18-,20?,21-/m01/s1. The van der Waals surface area contributed by atoms with Gasteiger partial charge in [0.25, 0.3) is 0 Å². The zero-order valence-corrected chi connectivity index (χ0v) is 32.5. The van der Waals surface area contributed by atoms with Gasteiger partial charge >= 0.3 is 0 Å². The maximum Gasteiger partial charge on any atom is 0.249 e. The molecule has 2 amide bonds. The monoisotopic (exact) mass is 810 g/mol. The Labute approximate surface area is 335 Å². The summed E-state index contributed by atoms with van der Waals surface area (Å²) in [5, 5.41) is 22.6. The second kappa shape index (κ2) is 17.3. The summed E-state index contributed by atoms with van der Waals surface area (Å²) in [6.07, 6.45) is 3.40. The Hall–Kier alpha value is -3.18. The maximum absolute atomic E-state index is 12.9. The lowest BCUT2D eigenvalue weighted by molar-refractivity contribution is -0.166. The van der Waals surface area contributed by atoms with Gasteiger partial charge < -0.3 is 29.5 Å². The molecule has 2 unspecified atom stereocenters. The normalized spacial score (nSPS) is 24.1. The number of ether oxygens (including phenoxy) is 2. The minimum absolute atomic E-state index is 0.00943. The highest BCUT2D eigenvalue weighted by Crippen LogP contribution is 2.47. The molecule has 2 saturated carbocycles. The predicted molar refractivity (Wildman–Crippen MR) is 210 cm³/mol. The molecule has 284 valence electrons. The lowest BCUT2D eigenvalue weighted by Gasteiger charge is -2.45. The number of carbonyl (C=O) groups excluding carboxylic acids is 2. The Bertz CT molecular complexity index is 1780. The van der Waals surface area contributed by atoms with Crippen LogP contribution in [-0.4, -0.2) is 70.3 Å². The van der Waals surface area contributed by atoms with Crippen LogP contribution in [0.3, 0.4) is 0 Å². The summed E-state index contributed by atoms with van der Waals surface area (Å²) in [5.41, 5.74) is 3.67. The minimum Gasteiger partial charge on any atom is -0.394 e. The van der Waals surface area contributed by atoms with E-state index in [0.29, 0.717) is 31.9 Å². The molecule has 54 heavy (non-hydrogen) atoms. The topological polar surface area (TPSA) is 99.5 Å². The quantitative estimate of drug-likeness (QED) is 0.166. The third-order valence-electron chi connectivity index (χ3n) is 10.7. The number of hydrogen-bond donors (Lipinski definition) is 2. The summed E-state index contributed by atoms with van der Waals surface area (Å²) in [6, 6.07) is 28.9. The van der Waals surface area contributed by atoms with E-state index in [1.54, 1.807) is 0 Å². The SMILES string of the molecule is O=C1CO[C@H](c2cccc(Cl)c2)C(c2ccc(Cl)cc2)N1[C@@H](CO)C1CC1.O=C1CO[C@H](c2cccc(Cl)c2)C(c2ccc(Cl)cc2)N1[C@H](CO)C1CC1. The van der Waals surface area contributed by atoms with E-state index in [2.05, 4.69) is 0 Å². The summed E-state index contributed by atoms with van der Waals surface area (Å²) in [5.74, 6) is 0.483. The molecule has 2 aliphatic carbocycles. The van der Waals surface area contributed by atoms with Crippen LogP contribution in [0.5, 0.6) is 0 Å². The number of morpholine rings is 2. The number of aliphatic hydroxyl groups excluding tert-OH is 2. The molecule has 4 aromatic rings. The highest BCUT2D eigenvalue weighted by Gasteiger charge is 2.48. The lowest BCUT2D eigenvalue weighted by atomic mass is 9.91. The van der Waals surface area contributed by atoms with Gasteiger partial charge in [0.15, 0.2) is 0 Å². The Morgan fingerprint density at radius 1 is 0.537 bits per heavy atom. The van der Waals surface area contributed by atoms with E-state index in [-0.39, 0.29) is 74.6 Å². The molecule has 2 aliphatic heterocycles. The highest BCUT2D eigenvalue weighted by atomic mass is 35.5. The fourth-order valence-electron chi connectivity index (χ4n) is 7.84. The van der Waals surface area contributed by atoms with Gasteiger partial charge in [0, 0.05) is 20.1 Å². The lowest BCUT2D eigenvalue weighted by Crippen LogP contribution is -2.52. The molecule has 2 N–H and O–H groups in total. The summed E-state index contributed by atoms with van der Waals surface area (Å²) in [6.45, 7) is -0.124. The molecule has 6 atom stereocenters. The van der Waals surface area contributed by atoms with Gasteiger partial charge in [0.05, 0.1) is 37.4 Å². The Morgan fingerprint density at radius 3 is 1.22 bits per heavy atom. The number of carbonyl (C=O) groups is 2. The Morgan fingerprint density at radius 2 is 0.907 bits per heavy atom. The van der Waals surface area contributed by atoms with Crippen molar-refractivity contribution >= 4 is 58.2 Å². The van der Waals surface area contributed by atoms with Crippen molar-refractivity contribution in [3.8, 4) is 0 Å². The summed E-state index contributed by atoms with van der Waals surface area (Å²) in [4.78, 5) is 29.4. The molecule has 4 aromatic carbocycles. The average molecular weight is 813 g/mol. The fourth-order valence-corrected chi connectivity index (χ4v) is 8.49. The summed E-state index contributed by atoms with van der Waals surface area (Å²) >= 11 is 24.5. The van der Waals surface area contributed by atoms with Crippen molar-refractivity contribution in [2.75, 3.05) is 26.4 Å². The van der Waals surface area contributed by atoms with Crippen LogP contribution in [-0.2, 0) is 19.1 Å². The van der Waals surface area contributed by atoms with Gasteiger partial charge in [-0.2, -0.15) is 0 Å². The minimum atomic E-state index is -0.365. The van der Waals surface area contributed by atoms with Crippen LogP contribution >= 0.6 is 46.4 Å². The maximum atomic E-state index is 12.9. The molecule has 0 bridgehead atoms. The molecule has 8 rings (SSSR count). The van der Waals surface area contributed by atoms with Gasteiger partial charge in [0.1, 0.15) is 25.4 Å². The summed E-state index contributed by atoms with van der Waals surface area (Å²) < 4.78 is 12.0. The molecule has 12 heteroatoms. The van der Waals surface area contributed by atoms with Crippen LogP contribution in [0.4, 0.5) is 0 Å². The molecule has 0 aromatic heterocycles. The smallest absolute Gasteiger partial charge is 0.249 e. The van der Waals surface area contributed by atoms with Gasteiger partial charge in [-0.3, -0.25) is 9.59 Å². The van der Waals surface area contributed by atoms with Gasteiger partial charge in [-0.25, -0.2) is 0 Å². The van der Waals surface area contributed by atoms with Gasteiger partial charge in [-0.15, -0.1) is 0 Å². The molecular formula is C42H42Cl4N2O6. The number of benzene rings is 4. The van der Waals surface area contributed by atoms with Crippen LogP contribution < -0.4 is 0 Å². The second-order valence-electron chi connectivity index (χ2n) is 14.3. The zero-order valence-electron chi connectivity index (χ0n) is 29.4. The molecule has 2 saturated heterocycles. The van der Waals surface area contributed by atoms with Crippen molar-refractivity contribution in [3.63, 3.8) is 0 Å². The Balaban J connectivity index is 0.000000167. The van der Waals surface area contributed by atoms with Crippen molar-refractivity contribution in [2.24, 2.45) is 11.8 Å². The highest BCUT2D eigenvalue weighted by molar-refractivity contribution is 6.31. The molecule has 0 radical (unpaired) electrons. The van der Waals surface area contributed by atoms with Crippen LogP contribution in [0.2, 0.25) is 20.1 Å². The molecule has 4 fully saturated rings. The first-order valence-corrected chi connectivity index (χ1v) is 19.8. The van der Waals surface area contributed by atoms with E-state index in [1.165, 1.54) is 0 Å². The predicted octanol–water partition coefficient (Wildman–Crippen LogP) is 8.81. The molecule has 2 heterocycles. The van der Waals surface area contributed by atoms with Gasteiger partial charge in [0.2, 0.25) is 11.8 Å². The van der Waals surface area contributed by atoms with E-state index in [9.17, 15) is 19.8 Å². The number of aliphatic hydroxyl groups is 2. The number of amides is 2. The molecule has 0 spiro atoms. The first kappa shape index (κ1) is 39.1. The third kappa shape index (κ3) is 8.77. The number of hydrogen-bond acceptors (Lipinski definition) is 6. The molecule has 8 nitrogen and oxygen atoms in total. The number of rotatable bonds is 10. The van der Waals surface area contributed by atoms with Crippen molar-refractivity contribution in [3.05, 3.63) is 139 Å². The molecular weight excluding hydrogens is 770 g/mol. The van der Waals surface area contributed by atoms with Crippen LogP contribution in [0.25, 0.3) is 0 Å². The largest absolute Gasteiger partial charge is 0.394 e. The first-order valence-electron chi connectivity index (χ1n) is 18.3. The van der Waals surface area contributed by atoms with E-state index >= 15 is 0 Å². The van der Waals surface area contributed by atoms with Crippen LogP contribution in [0.1, 0.15) is 72.2 Å². The van der Waals surface area contributed by atoms with Crippen molar-refractivity contribution in [1.82, 2.24) is 9.80 Å². The van der Waals surface area contributed by atoms with Crippen LogP contribution in [0, 0.1) is 11.8 Å². The van der Waals surface area contributed by atoms with Crippen molar-refractivity contribution in [1.29, 1.82) is 0 Å². The first-order chi connectivity index (χ1) is 26.2. The van der Waals surface area contributed by atoms with Crippen molar-refractivity contribution in [2.45, 2.75) is 62.1 Å².